The summed E-state index contributed by atoms with van der Waals surface area (Å²) in [7, 11) is 0. The highest BCUT2D eigenvalue weighted by molar-refractivity contribution is 9.11. The Bertz CT molecular complexity index is 553. The average Bonchev–Trinajstić information content (AvgIpc) is 2.84. The second kappa shape index (κ2) is 7.81. The predicted molar refractivity (Wildman–Crippen MR) is 89.5 cm³/mol. The van der Waals surface area contributed by atoms with Crippen molar-refractivity contribution >= 4 is 27.3 Å². The van der Waals surface area contributed by atoms with Crippen molar-refractivity contribution in [1.82, 2.24) is 5.32 Å². The molecule has 0 spiro atoms. The molecule has 0 atom stereocenters. The van der Waals surface area contributed by atoms with Gasteiger partial charge in [0.1, 0.15) is 12.4 Å². The molecule has 0 aliphatic heterocycles. The van der Waals surface area contributed by atoms with Gasteiger partial charge in [-0.1, -0.05) is 24.6 Å². The van der Waals surface area contributed by atoms with E-state index in [9.17, 15) is 0 Å². The van der Waals surface area contributed by atoms with Crippen LogP contribution in [0.2, 0.25) is 0 Å². The first-order valence-corrected chi connectivity index (χ1v) is 8.47. The third kappa shape index (κ3) is 4.62. The maximum absolute atomic E-state index is 5.97. The summed E-state index contributed by atoms with van der Waals surface area (Å²) in [5.74, 6) is 0.976. The Hall–Kier alpha value is -0.840. The van der Waals surface area contributed by atoms with Crippen LogP contribution >= 0.6 is 27.3 Å². The summed E-state index contributed by atoms with van der Waals surface area (Å²) in [6, 6.07) is 10.5. The van der Waals surface area contributed by atoms with E-state index in [0.717, 1.165) is 29.0 Å². The number of halogens is 1. The molecule has 0 saturated heterocycles. The summed E-state index contributed by atoms with van der Waals surface area (Å²) in [6.45, 7) is 6.81. The van der Waals surface area contributed by atoms with Crippen LogP contribution in [0.4, 0.5) is 0 Å². The Kier molecular flexibility index (Phi) is 6.07. The van der Waals surface area contributed by atoms with E-state index in [4.69, 9.17) is 4.74 Å². The number of hydrogen-bond acceptors (Lipinski definition) is 3. The number of rotatable bonds is 7. The molecule has 108 valence electrons. The zero-order valence-electron chi connectivity index (χ0n) is 11.9. The Morgan fingerprint density at radius 3 is 2.80 bits per heavy atom. The van der Waals surface area contributed by atoms with Crippen molar-refractivity contribution in [1.29, 1.82) is 0 Å². The van der Waals surface area contributed by atoms with Crippen molar-refractivity contribution in [3.63, 3.8) is 0 Å². The fraction of sp³-hybridized carbons (Fsp3) is 0.375. The first kappa shape index (κ1) is 15.5. The minimum Gasteiger partial charge on any atom is -0.488 e. The topological polar surface area (TPSA) is 21.3 Å². The quantitative estimate of drug-likeness (QED) is 0.715. The third-order valence-electron chi connectivity index (χ3n) is 2.96. The van der Waals surface area contributed by atoms with Gasteiger partial charge >= 0.3 is 0 Å². The molecule has 1 N–H and O–H groups in total. The first-order valence-electron chi connectivity index (χ1n) is 6.86. The van der Waals surface area contributed by atoms with Crippen LogP contribution in [-0.2, 0) is 13.2 Å². The highest BCUT2D eigenvalue weighted by atomic mass is 79.9. The van der Waals surface area contributed by atoms with Gasteiger partial charge in [-0.3, -0.25) is 0 Å². The Morgan fingerprint density at radius 1 is 1.25 bits per heavy atom. The van der Waals surface area contributed by atoms with E-state index in [-0.39, 0.29) is 0 Å². The molecule has 0 aliphatic rings. The van der Waals surface area contributed by atoms with E-state index < -0.39 is 0 Å². The molecule has 0 saturated carbocycles. The minimum absolute atomic E-state index is 0.625. The highest BCUT2D eigenvalue weighted by Gasteiger charge is 2.05. The number of aryl methyl sites for hydroxylation is 1. The molecule has 2 aromatic rings. The Balaban J connectivity index is 2.01. The molecule has 20 heavy (non-hydrogen) atoms. The van der Waals surface area contributed by atoms with E-state index in [1.54, 1.807) is 11.3 Å². The number of thiophene rings is 1. The van der Waals surface area contributed by atoms with Crippen molar-refractivity contribution in [3.8, 4) is 5.75 Å². The van der Waals surface area contributed by atoms with Crippen molar-refractivity contribution in [2.75, 3.05) is 6.54 Å². The van der Waals surface area contributed by atoms with Crippen LogP contribution in [0.15, 0.2) is 34.1 Å². The predicted octanol–water partition coefficient (Wildman–Crippen LogP) is 4.90. The highest BCUT2D eigenvalue weighted by Crippen LogP contribution is 2.25. The molecule has 1 heterocycles. The van der Waals surface area contributed by atoms with E-state index in [1.807, 2.05) is 0 Å². The van der Waals surface area contributed by atoms with E-state index in [2.05, 4.69) is 65.4 Å². The van der Waals surface area contributed by atoms with Crippen LogP contribution in [0.3, 0.4) is 0 Å². The van der Waals surface area contributed by atoms with Crippen molar-refractivity contribution in [2.24, 2.45) is 0 Å². The lowest BCUT2D eigenvalue weighted by Gasteiger charge is -2.12. The molecule has 1 aromatic heterocycles. The number of benzene rings is 1. The summed E-state index contributed by atoms with van der Waals surface area (Å²) in [6.07, 6.45) is 1.14. The fourth-order valence-electron chi connectivity index (χ4n) is 1.97. The largest absolute Gasteiger partial charge is 0.488 e. The summed E-state index contributed by atoms with van der Waals surface area (Å²) in [4.78, 5) is 1.23. The molecule has 2 rings (SSSR count). The lowest BCUT2D eigenvalue weighted by atomic mass is 10.1. The van der Waals surface area contributed by atoms with Crippen molar-refractivity contribution in [3.05, 3.63) is 50.1 Å². The van der Waals surface area contributed by atoms with Gasteiger partial charge in [0.2, 0.25) is 0 Å². The second-order valence-electron chi connectivity index (χ2n) is 4.78. The molecule has 0 aliphatic carbocycles. The first-order chi connectivity index (χ1) is 9.69. The summed E-state index contributed by atoms with van der Waals surface area (Å²) in [5, 5.41) is 3.44. The van der Waals surface area contributed by atoms with Gasteiger partial charge < -0.3 is 10.1 Å². The van der Waals surface area contributed by atoms with Gasteiger partial charge in [-0.25, -0.2) is 0 Å². The third-order valence-corrected chi connectivity index (χ3v) is 4.55. The van der Waals surface area contributed by atoms with Gasteiger partial charge in [0, 0.05) is 17.0 Å². The van der Waals surface area contributed by atoms with Gasteiger partial charge in [-0.15, -0.1) is 11.3 Å². The van der Waals surface area contributed by atoms with Gasteiger partial charge in [-0.2, -0.15) is 0 Å². The summed E-state index contributed by atoms with van der Waals surface area (Å²) < 4.78 is 7.12. The standard InChI is InChI=1S/C16H20BrNOS/c1-3-8-18-10-13-9-12(2)4-6-15(13)19-11-14-5-7-16(17)20-14/h4-7,9,18H,3,8,10-11H2,1-2H3. The van der Waals surface area contributed by atoms with Gasteiger partial charge in [0.25, 0.3) is 0 Å². The smallest absolute Gasteiger partial charge is 0.124 e. The lowest BCUT2D eigenvalue weighted by Crippen LogP contribution is -2.14. The van der Waals surface area contributed by atoms with Crippen LogP contribution in [-0.4, -0.2) is 6.54 Å². The molecule has 0 amide bonds. The van der Waals surface area contributed by atoms with Crippen molar-refractivity contribution in [2.45, 2.75) is 33.4 Å². The molecular weight excluding hydrogens is 334 g/mol. The van der Waals surface area contributed by atoms with Gasteiger partial charge in [0.15, 0.2) is 0 Å². The molecule has 0 unspecified atom stereocenters. The fourth-order valence-corrected chi connectivity index (χ4v) is 3.36. The number of hydrogen-bond donors (Lipinski definition) is 1. The van der Waals surface area contributed by atoms with Crippen LogP contribution < -0.4 is 10.1 Å². The van der Waals surface area contributed by atoms with Crippen LogP contribution in [0.25, 0.3) is 0 Å². The molecule has 0 fully saturated rings. The molecule has 2 nitrogen and oxygen atoms in total. The SMILES string of the molecule is CCCNCc1cc(C)ccc1OCc1ccc(Br)s1. The summed E-state index contributed by atoms with van der Waals surface area (Å²) in [5.41, 5.74) is 2.50. The molecule has 0 radical (unpaired) electrons. The van der Waals surface area contributed by atoms with E-state index >= 15 is 0 Å². The van der Waals surface area contributed by atoms with Gasteiger partial charge in [0.05, 0.1) is 3.79 Å². The van der Waals surface area contributed by atoms with Crippen LogP contribution in [0.5, 0.6) is 5.75 Å². The van der Waals surface area contributed by atoms with Gasteiger partial charge in [-0.05, 0) is 54.0 Å². The molecule has 0 bridgehead atoms. The monoisotopic (exact) mass is 353 g/mol. The Labute approximate surface area is 133 Å². The zero-order valence-corrected chi connectivity index (χ0v) is 14.3. The Morgan fingerprint density at radius 2 is 2.10 bits per heavy atom. The van der Waals surface area contributed by atoms with E-state index in [0.29, 0.717) is 6.61 Å². The van der Waals surface area contributed by atoms with Crippen LogP contribution in [0, 0.1) is 6.92 Å². The van der Waals surface area contributed by atoms with Crippen LogP contribution in [0.1, 0.15) is 29.3 Å². The minimum atomic E-state index is 0.625. The average molecular weight is 354 g/mol. The molecular formula is C16H20BrNOS. The maximum atomic E-state index is 5.97. The summed E-state index contributed by atoms with van der Waals surface area (Å²) >= 11 is 5.19. The normalized spacial score (nSPS) is 10.8. The number of nitrogens with one attached hydrogen (secondary N) is 1. The second-order valence-corrected chi connectivity index (χ2v) is 7.33. The number of ether oxygens (including phenoxy) is 1. The zero-order chi connectivity index (χ0) is 14.4. The lowest BCUT2D eigenvalue weighted by molar-refractivity contribution is 0.305. The van der Waals surface area contributed by atoms with Crippen molar-refractivity contribution < 1.29 is 4.74 Å². The molecule has 1 aromatic carbocycles. The van der Waals surface area contributed by atoms with E-state index in [1.165, 1.54) is 16.0 Å². The maximum Gasteiger partial charge on any atom is 0.124 e. The molecule has 4 heteroatoms.